The molecule has 0 saturated heterocycles. The van der Waals surface area contributed by atoms with E-state index in [0.717, 1.165) is 29.3 Å². The highest BCUT2D eigenvalue weighted by Gasteiger charge is 2.15. The predicted molar refractivity (Wildman–Crippen MR) is 123 cm³/mol. The number of anilines is 1. The van der Waals surface area contributed by atoms with E-state index < -0.39 is 0 Å². The lowest BCUT2D eigenvalue weighted by atomic mass is 10.2. The van der Waals surface area contributed by atoms with Crippen molar-refractivity contribution in [2.24, 2.45) is 11.5 Å². The van der Waals surface area contributed by atoms with Gasteiger partial charge in [-0.25, -0.2) is 4.68 Å². The molecular formula is C23H28N6O2. The zero-order chi connectivity index (χ0) is 22.2. The van der Waals surface area contributed by atoms with Crippen LogP contribution in [0.3, 0.4) is 0 Å². The first-order valence-corrected chi connectivity index (χ1v) is 9.93. The molecule has 0 fully saturated rings. The Morgan fingerprint density at radius 3 is 2.55 bits per heavy atom. The maximum Gasteiger partial charge on any atom is 0.183 e. The average molecular weight is 421 g/mol. The number of aromatic nitrogens is 3. The summed E-state index contributed by atoms with van der Waals surface area (Å²) in [5.41, 5.74) is 14.5. The SMILES string of the molecule is CCN(C)c1cc(-c2ccc(OCc3ccccc3)cn2)n(/C(N)=C/C=C(\N)OC)n1. The van der Waals surface area contributed by atoms with Gasteiger partial charge in [0.25, 0.3) is 0 Å². The Kier molecular flexibility index (Phi) is 7.16. The largest absolute Gasteiger partial charge is 0.487 e. The van der Waals surface area contributed by atoms with Gasteiger partial charge in [-0.3, -0.25) is 4.98 Å². The normalized spacial score (nSPS) is 12.0. The molecule has 8 nitrogen and oxygen atoms in total. The van der Waals surface area contributed by atoms with Crippen molar-refractivity contribution in [3.63, 3.8) is 0 Å². The molecule has 3 rings (SSSR count). The van der Waals surface area contributed by atoms with E-state index in [4.69, 9.17) is 20.9 Å². The van der Waals surface area contributed by atoms with E-state index in [2.05, 4.69) is 17.0 Å². The van der Waals surface area contributed by atoms with Gasteiger partial charge in [0.2, 0.25) is 0 Å². The average Bonchev–Trinajstić information content (AvgIpc) is 3.27. The first kappa shape index (κ1) is 21.8. The third kappa shape index (κ3) is 5.57. The molecule has 0 amide bonds. The number of nitrogens with two attached hydrogens (primary N) is 2. The molecule has 0 aliphatic carbocycles. The lowest BCUT2D eigenvalue weighted by Crippen LogP contribution is -2.17. The van der Waals surface area contributed by atoms with Gasteiger partial charge in [0.1, 0.15) is 18.2 Å². The number of pyridine rings is 1. The summed E-state index contributed by atoms with van der Waals surface area (Å²) in [4.78, 5) is 6.58. The molecule has 0 spiro atoms. The van der Waals surface area contributed by atoms with Gasteiger partial charge in [0, 0.05) is 25.7 Å². The van der Waals surface area contributed by atoms with E-state index in [1.807, 2.05) is 60.5 Å². The molecule has 0 aliphatic heterocycles. The number of rotatable bonds is 9. The molecule has 31 heavy (non-hydrogen) atoms. The van der Waals surface area contributed by atoms with Crippen LogP contribution in [0.25, 0.3) is 17.2 Å². The number of allylic oxidation sites excluding steroid dienone is 2. The maximum atomic E-state index is 6.27. The second-order valence-corrected chi connectivity index (χ2v) is 6.83. The van der Waals surface area contributed by atoms with Crippen molar-refractivity contribution >= 4 is 11.6 Å². The molecule has 0 aliphatic rings. The molecule has 2 heterocycles. The van der Waals surface area contributed by atoms with Gasteiger partial charge in [-0.15, -0.1) is 5.10 Å². The molecule has 162 valence electrons. The summed E-state index contributed by atoms with van der Waals surface area (Å²) >= 11 is 0. The van der Waals surface area contributed by atoms with E-state index in [1.165, 1.54) is 7.11 Å². The highest BCUT2D eigenvalue weighted by atomic mass is 16.5. The van der Waals surface area contributed by atoms with Crippen LogP contribution in [0.4, 0.5) is 5.82 Å². The van der Waals surface area contributed by atoms with Crippen LogP contribution in [0.1, 0.15) is 12.5 Å². The van der Waals surface area contributed by atoms with Gasteiger partial charge in [0.15, 0.2) is 11.7 Å². The molecule has 2 aromatic heterocycles. The van der Waals surface area contributed by atoms with Crippen LogP contribution in [-0.2, 0) is 11.3 Å². The standard InChI is InChI=1S/C23H28N6O2/c1-4-28(2)23-14-20(29(27-23)21(24)12-13-22(25)30-3)19-11-10-18(15-26-19)31-16-17-8-6-5-7-9-17/h5-15H,4,16,24-25H2,1-3H3/b21-12+,22-13+. The number of nitrogens with zero attached hydrogens (tertiary/aromatic N) is 4. The fraction of sp³-hybridized carbons (Fsp3) is 0.217. The number of hydrogen-bond acceptors (Lipinski definition) is 7. The van der Waals surface area contributed by atoms with Gasteiger partial charge in [-0.2, -0.15) is 0 Å². The Morgan fingerprint density at radius 1 is 1.13 bits per heavy atom. The Labute approximate surface area is 182 Å². The summed E-state index contributed by atoms with van der Waals surface area (Å²) in [5.74, 6) is 2.10. The zero-order valence-electron chi connectivity index (χ0n) is 18.0. The molecule has 0 bridgehead atoms. The number of benzene rings is 1. The summed E-state index contributed by atoms with van der Waals surface area (Å²) in [6.07, 6.45) is 4.92. The number of methoxy groups -OCH3 is 1. The third-order valence-electron chi connectivity index (χ3n) is 4.71. The van der Waals surface area contributed by atoms with Crippen molar-refractivity contribution in [1.82, 2.24) is 14.8 Å². The van der Waals surface area contributed by atoms with Crippen molar-refractivity contribution in [2.75, 3.05) is 25.6 Å². The number of hydrogen-bond donors (Lipinski definition) is 2. The molecule has 0 unspecified atom stereocenters. The summed E-state index contributed by atoms with van der Waals surface area (Å²) < 4.78 is 12.4. The van der Waals surface area contributed by atoms with E-state index in [0.29, 0.717) is 18.2 Å². The molecule has 1 aromatic carbocycles. The first-order chi connectivity index (χ1) is 15.0. The summed E-state index contributed by atoms with van der Waals surface area (Å²) in [6.45, 7) is 3.33. The van der Waals surface area contributed by atoms with Gasteiger partial charge in [0.05, 0.1) is 24.7 Å². The zero-order valence-corrected chi connectivity index (χ0v) is 18.0. The molecule has 0 saturated carbocycles. The highest BCUT2D eigenvalue weighted by Crippen LogP contribution is 2.26. The molecule has 8 heteroatoms. The van der Waals surface area contributed by atoms with Crippen LogP contribution in [0, 0.1) is 0 Å². The minimum Gasteiger partial charge on any atom is -0.487 e. The minimum atomic E-state index is 0.251. The molecule has 4 N–H and O–H groups in total. The van der Waals surface area contributed by atoms with E-state index in [-0.39, 0.29) is 5.88 Å². The third-order valence-corrected chi connectivity index (χ3v) is 4.71. The van der Waals surface area contributed by atoms with Crippen molar-refractivity contribution in [2.45, 2.75) is 13.5 Å². The molecule has 0 atom stereocenters. The fourth-order valence-electron chi connectivity index (χ4n) is 2.76. The first-order valence-electron chi connectivity index (χ1n) is 9.93. The summed E-state index contributed by atoms with van der Waals surface area (Å²) in [5, 5.41) is 4.63. The van der Waals surface area contributed by atoms with Crippen LogP contribution < -0.4 is 21.1 Å². The van der Waals surface area contributed by atoms with Gasteiger partial charge < -0.3 is 25.8 Å². The van der Waals surface area contributed by atoms with Crippen LogP contribution in [0.15, 0.2) is 72.8 Å². The Morgan fingerprint density at radius 2 is 1.90 bits per heavy atom. The quantitative estimate of drug-likeness (QED) is 0.405. The maximum absolute atomic E-state index is 6.27. The summed E-state index contributed by atoms with van der Waals surface area (Å²) in [6, 6.07) is 15.7. The van der Waals surface area contributed by atoms with Crippen molar-refractivity contribution in [1.29, 1.82) is 0 Å². The van der Waals surface area contributed by atoms with Gasteiger partial charge in [-0.1, -0.05) is 30.3 Å². The monoisotopic (exact) mass is 420 g/mol. The van der Waals surface area contributed by atoms with Gasteiger partial charge in [-0.05, 0) is 30.7 Å². The van der Waals surface area contributed by atoms with Crippen molar-refractivity contribution in [3.05, 3.63) is 78.3 Å². The molecular weight excluding hydrogens is 392 g/mol. The van der Waals surface area contributed by atoms with Crippen LogP contribution in [-0.4, -0.2) is 35.5 Å². The minimum absolute atomic E-state index is 0.251. The topological polar surface area (TPSA) is 104 Å². The predicted octanol–water partition coefficient (Wildman–Crippen LogP) is 3.18. The Hall–Kier alpha value is -3.94. The van der Waals surface area contributed by atoms with Crippen LogP contribution >= 0.6 is 0 Å². The number of ether oxygens (including phenoxy) is 2. The van der Waals surface area contributed by atoms with Gasteiger partial charge >= 0.3 is 0 Å². The Bertz CT molecular complexity index is 1040. The van der Waals surface area contributed by atoms with E-state index in [1.54, 1.807) is 23.0 Å². The van der Waals surface area contributed by atoms with Crippen LogP contribution in [0.5, 0.6) is 5.75 Å². The fourth-order valence-corrected chi connectivity index (χ4v) is 2.76. The lowest BCUT2D eigenvalue weighted by molar-refractivity contribution is 0.287. The van der Waals surface area contributed by atoms with E-state index >= 15 is 0 Å². The second kappa shape index (κ2) is 10.2. The lowest BCUT2D eigenvalue weighted by Gasteiger charge is -2.12. The summed E-state index contributed by atoms with van der Waals surface area (Å²) in [7, 11) is 3.46. The van der Waals surface area contributed by atoms with E-state index in [9.17, 15) is 0 Å². The van der Waals surface area contributed by atoms with Crippen molar-refractivity contribution < 1.29 is 9.47 Å². The molecule has 0 radical (unpaired) electrons. The Balaban J connectivity index is 1.87. The smallest absolute Gasteiger partial charge is 0.183 e. The highest BCUT2D eigenvalue weighted by molar-refractivity contribution is 5.66. The second-order valence-electron chi connectivity index (χ2n) is 6.83. The van der Waals surface area contributed by atoms with Crippen LogP contribution in [0.2, 0.25) is 0 Å². The van der Waals surface area contributed by atoms with Crippen molar-refractivity contribution in [3.8, 4) is 17.1 Å². The molecule has 3 aromatic rings.